The van der Waals surface area contributed by atoms with Gasteiger partial charge >= 0.3 is 0 Å². The van der Waals surface area contributed by atoms with Crippen molar-refractivity contribution in [2.45, 2.75) is 53.1 Å². The van der Waals surface area contributed by atoms with Crippen LogP contribution in [0.25, 0.3) is 0 Å². The maximum atomic E-state index is 12.4. The summed E-state index contributed by atoms with van der Waals surface area (Å²) in [4.78, 5) is 24.6. The molecule has 6 nitrogen and oxygen atoms in total. The average Bonchev–Trinajstić information content (AvgIpc) is 2.75. The van der Waals surface area contributed by atoms with E-state index in [1.165, 1.54) is 0 Å². The van der Waals surface area contributed by atoms with Crippen LogP contribution in [-0.4, -0.2) is 24.5 Å². The molecule has 0 fully saturated rings. The van der Waals surface area contributed by atoms with Crippen LogP contribution in [0, 0.1) is 5.92 Å². The predicted octanol–water partition coefficient (Wildman–Crippen LogP) is 4.46. The van der Waals surface area contributed by atoms with Crippen molar-refractivity contribution in [2.24, 2.45) is 5.92 Å². The molecule has 0 saturated heterocycles. The number of nitrogens with one attached hydrogen (secondary N) is 2. The van der Waals surface area contributed by atoms with Crippen LogP contribution in [0.4, 0.5) is 0 Å². The molecular formula is C24H32N2O4. The summed E-state index contributed by atoms with van der Waals surface area (Å²) in [6, 6.07) is 14.5. The first-order valence-electron chi connectivity index (χ1n) is 10.4. The molecule has 0 saturated carbocycles. The van der Waals surface area contributed by atoms with E-state index in [1.807, 2.05) is 24.3 Å². The average molecular weight is 413 g/mol. The van der Waals surface area contributed by atoms with E-state index in [0.717, 1.165) is 12.0 Å². The van der Waals surface area contributed by atoms with Crippen molar-refractivity contribution >= 4 is 11.8 Å². The van der Waals surface area contributed by atoms with E-state index in [1.54, 1.807) is 31.2 Å². The van der Waals surface area contributed by atoms with Crippen LogP contribution in [0.15, 0.2) is 48.5 Å². The standard InChI is InChI=1S/C24H32N2O4/c1-6-17(4)21-9-7-8-10-22(21)30-18(5)23(27)25-26-24(28)19-11-13-20(14-12-19)29-15-16(2)3/h7-14,16-18H,6,15H2,1-5H3,(H,25,27)(H,26,28). The van der Waals surface area contributed by atoms with Gasteiger partial charge in [-0.2, -0.15) is 0 Å². The van der Waals surface area contributed by atoms with Gasteiger partial charge in [0.15, 0.2) is 6.10 Å². The van der Waals surface area contributed by atoms with Crippen LogP contribution in [0.2, 0.25) is 0 Å². The van der Waals surface area contributed by atoms with Gasteiger partial charge in [-0.1, -0.05) is 45.9 Å². The number of hydrazine groups is 1. The number of amides is 2. The van der Waals surface area contributed by atoms with Crippen LogP contribution < -0.4 is 20.3 Å². The summed E-state index contributed by atoms with van der Waals surface area (Å²) in [6.07, 6.45) is 0.209. The number of hydrogen-bond acceptors (Lipinski definition) is 4. The lowest BCUT2D eigenvalue weighted by Crippen LogP contribution is -2.47. The van der Waals surface area contributed by atoms with Gasteiger partial charge in [-0.05, 0) is 61.1 Å². The molecule has 0 heterocycles. The van der Waals surface area contributed by atoms with Crippen LogP contribution in [-0.2, 0) is 4.79 Å². The molecule has 0 aliphatic carbocycles. The van der Waals surface area contributed by atoms with Gasteiger partial charge in [0.1, 0.15) is 11.5 Å². The Balaban J connectivity index is 1.88. The van der Waals surface area contributed by atoms with E-state index in [-0.39, 0.29) is 0 Å². The van der Waals surface area contributed by atoms with Crippen LogP contribution in [0.3, 0.4) is 0 Å². The van der Waals surface area contributed by atoms with Gasteiger partial charge in [-0.15, -0.1) is 0 Å². The first-order valence-corrected chi connectivity index (χ1v) is 10.4. The first-order chi connectivity index (χ1) is 14.3. The number of para-hydroxylation sites is 1. The maximum Gasteiger partial charge on any atom is 0.279 e. The van der Waals surface area contributed by atoms with Crippen molar-refractivity contribution in [1.29, 1.82) is 0 Å². The van der Waals surface area contributed by atoms with Gasteiger partial charge in [0, 0.05) is 5.56 Å². The van der Waals surface area contributed by atoms with Gasteiger partial charge in [-0.25, -0.2) is 0 Å². The zero-order valence-electron chi connectivity index (χ0n) is 18.4. The topological polar surface area (TPSA) is 76.7 Å². The van der Waals surface area contributed by atoms with Crippen molar-refractivity contribution in [3.63, 3.8) is 0 Å². The molecule has 2 aromatic carbocycles. The van der Waals surface area contributed by atoms with E-state index in [9.17, 15) is 9.59 Å². The van der Waals surface area contributed by atoms with Crippen molar-refractivity contribution in [1.82, 2.24) is 10.9 Å². The Kier molecular flexibility index (Phi) is 8.71. The summed E-state index contributed by atoms with van der Waals surface area (Å²) in [6.45, 7) is 10.6. The lowest BCUT2D eigenvalue weighted by molar-refractivity contribution is -0.128. The van der Waals surface area contributed by atoms with Crippen molar-refractivity contribution in [3.8, 4) is 11.5 Å². The smallest absolute Gasteiger partial charge is 0.279 e. The van der Waals surface area contributed by atoms with Crippen LogP contribution in [0.1, 0.15) is 62.9 Å². The third kappa shape index (κ3) is 6.79. The molecule has 162 valence electrons. The van der Waals surface area contributed by atoms with Crippen molar-refractivity contribution < 1.29 is 19.1 Å². The van der Waals surface area contributed by atoms with Crippen molar-refractivity contribution in [3.05, 3.63) is 59.7 Å². The molecule has 2 N–H and O–H groups in total. The molecule has 0 spiro atoms. The monoisotopic (exact) mass is 412 g/mol. The van der Waals surface area contributed by atoms with E-state index < -0.39 is 17.9 Å². The minimum absolute atomic E-state index is 0.323. The normalized spacial score (nSPS) is 12.7. The molecule has 2 unspecified atom stereocenters. The minimum atomic E-state index is -0.762. The molecular weight excluding hydrogens is 380 g/mol. The van der Waals surface area contributed by atoms with E-state index >= 15 is 0 Å². The summed E-state index contributed by atoms with van der Waals surface area (Å²) < 4.78 is 11.5. The lowest BCUT2D eigenvalue weighted by atomic mass is 9.98. The molecule has 2 rings (SSSR count). The summed E-state index contributed by atoms with van der Waals surface area (Å²) in [7, 11) is 0. The van der Waals surface area contributed by atoms with Gasteiger partial charge in [0.25, 0.3) is 11.8 Å². The van der Waals surface area contributed by atoms with Gasteiger partial charge in [0.2, 0.25) is 0 Å². The molecule has 0 aliphatic rings. The SMILES string of the molecule is CCC(C)c1ccccc1OC(C)C(=O)NNC(=O)c1ccc(OCC(C)C)cc1. The largest absolute Gasteiger partial charge is 0.493 e. The second-order valence-corrected chi connectivity index (χ2v) is 7.78. The number of carbonyl (C=O) groups is 2. The third-order valence-corrected chi connectivity index (χ3v) is 4.73. The second-order valence-electron chi connectivity index (χ2n) is 7.78. The first kappa shape index (κ1) is 23.3. The molecule has 6 heteroatoms. The van der Waals surface area contributed by atoms with E-state index in [0.29, 0.717) is 35.5 Å². The van der Waals surface area contributed by atoms with Crippen LogP contribution in [0.5, 0.6) is 11.5 Å². The number of ether oxygens (including phenoxy) is 2. The summed E-state index contributed by atoms with van der Waals surface area (Å²) in [5, 5.41) is 0. The Morgan fingerprint density at radius 1 is 0.933 bits per heavy atom. The van der Waals surface area contributed by atoms with Gasteiger partial charge < -0.3 is 9.47 Å². The zero-order chi connectivity index (χ0) is 22.1. The van der Waals surface area contributed by atoms with E-state index in [2.05, 4.69) is 38.5 Å². The highest BCUT2D eigenvalue weighted by Gasteiger charge is 2.18. The Bertz CT molecular complexity index is 833. The predicted molar refractivity (Wildman–Crippen MR) is 118 cm³/mol. The zero-order valence-corrected chi connectivity index (χ0v) is 18.4. The Labute approximate surface area is 178 Å². The summed E-state index contributed by atoms with van der Waals surface area (Å²) in [5.41, 5.74) is 6.33. The Morgan fingerprint density at radius 3 is 2.23 bits per heavy atom. The van der Waals surface area contributed by atoms with Crippen molar-refractivity contribution in [2.75, 3.05) is 6.61 Å². The fourth-order valence-corrected chi connectivity index (χ4v) is 2.72. The molecule has 0 aromatic heterocycles. The highest BCUT2D eigenvalue weighted by molar-refractivity contribution is 5.95. The minimum Gasteiger partial charge on any atom is -0.493 e. The Morgan fingerprint density at radius 2 is 1.60 bits per heavy atom. The van der Waals surface area contributed by atoms with E-state index in [4.69, 9.17) is 9.47 Å². The number of carbonyl (C=O) groups excluding carboxylic acids is 2. The molecule has 2 atom stereocenters. The summed E-state index contributed by atoms with van der Waals surface area (Å²) in [5.74, 6) is 1.28. The third-order valence-electron chi connectivity index (χ3n) is 4.73. The molecule has 0 radical (unpaired) electrons. The highest BCUT2D eigenvalue weighted by atomic mass is 16.5. The summed E-state index contributed by atoms with van der Waals surface area (Å²) >= 11 is 0. The molecule has 0 aliphatic heterocycles. The van der Waals surface area contributed by atoms with Crippen LogP contribution >= 0.6 is 0 Å². The molecule has 30 heavy (non-hydrogen) atoms. The number of benzene rings is 2. The molecule has 0 bridgehead atoms. The number of rotatable bonds is 9. The fourth-order valence-electron chi connectivity index (χ4n) is 2.72. The fraction of sp³-hybridized carbons (Fsp3) is 0.417. The van der Waals surface area contributed by atoms with Gasteiger partial charge in [0.05, 0.1) is 6.61 Å². The number of hydrogen-bond donors (Lipinski definition) is 2. The lowest BCUT2D eigenvalue weighted by Gasteiger charge is -2.19. The van der Waals surface area contributed by atoms with Gasteiger partial charge in [-0.3, -0.25) is 20.4 Å². The second kappa shape index (κ2) is 11.2. The quantitative estimate of drug-likeness (QED) is 0.596. The maximum absolute atomic E-state index is 12.4. The highest BCUT2D eigenvalue weighted by Crippen LogP contribution is 2.29. The Hall–Kier alpha value is -3.02. The molecule has 2 aromatic rings. The molecule has 2 amide bonds.